The molecule has 1 amide bonds. The van der Waals surface area contributed by atoms with Gasteiger partial charge in [-0.25, -0.2) is 4.79 Å². The molecule has 0 aliphatic heterocycles. The van der Waals surface area contributed by atoms with Crippen molar-refractivity contribution in [3.63, 3.8) is 0 Å². The normalized spacial score (nSPS) is 14.3. The highest BCUT2D eigenvalue weighted by Gasteiger charge is 2.22. The fourth-order valence-electron chi connectivity index (χ4n) is 0.889. The lowest BCUT2D eigenvalue weighted by Crippen LogP contribution is -2.45. The third-order valence-corrected chi connectivity index (χ3v) is 2.59. The number of carbonyl (C=O) groups excluding carboxylic acids is 1. The fraction of sp³-hybridized carbons (Fsp3) is 0.778. The lowest BCUT2D eigenvalue weighted by molar-refractivity contribution is -0.143. The number of carboxylic acid groups (broad SMARTS) is 1. The topological polar surface area (TPSA) is 75.6 Å². The minimum absolute atomic E-state index is 0.397. The number of ether oxygens (including phenoxy) is 1. The smallest absolute Gasteiger partial charge is 0.326 e. The fourth-order valence-corrected chi connectivity index (χ4v) is 1.36. The number of hydrogen-bond acceptors (Lipinski definition) is 4. The Kier molecular flexibility index (Phi) is 7.15. The molecule has 0 aliphatic carbocycles. The number of carbonyl (C=O) groups is 2. The van der Waals surface area contributed by atoms with Crippen molar-refractivity contribution in [3.05, 3.63) is 0 Å². The van der Waals surface area contributed by atoms with E-state index in [9.17, 15) is 9.59 Å². The van der Waals surface area contributed by atoms with Gasteiger partial charge in [0, 0.05) is 7.11 Å². The summed E-state index contributed by atoms with van der Waals surface area (Å²) >= 11 is 1.54. The number of aliphatic carboxylic acids is 1. The maximum atomic E-state index is 11.3. The Hall–Kier alpha value is -0.750. The highest BCUT2D eigenvalue weighted by atomic mass is 32.2. The zero-order chi connectivity index (χ0) is 11.8. The lowest BCUT2D eigenvalue weighted by Gasteiger charge is -2.16. The van der Waals surface area contributed by atoms with E-state index in [1.54, 1.807) is 18.7 Å². The highest BCUT2D eigenvalue weighted by molar-refractivity contribution is 7.98. The zero-order valence-electron chi connectivity index (χ0n) is 9.15. The summed E-state index contributed by atoms with van der Waals surface area (Å²) in [5.41, 5.74) is 0. The average molecular weight is 235 g/mol. The number of nitrogens with one attached hydrogen (secondary N) is 1. The second-order valence-electron chi connectivity index (χ2n) is 3.06. The number of rotatable bonds is 7. The molecule has 2 unspecified atom stereocenters. The molecule has 2 N–H and O–H groups in total. The Bertz CT molecular complexity index is 222. The van der Waals surface area contributed by atoms with Crippen molar-refractivity contribution in [2.24, 2.45) is 0 Å². The van der Waals surface area contributed by atoms with Crippen LogP contribution in [0.15, 0.2) is 0 Å². The summed E-state index contributed by atoms with van der Waals surface area (Å²) in [5, 5.41) is 11.3. The van der Waals surface area contributed by atoms with Crippen LogP contribution in [0.3, 0.4) is 0 Å². The van der Waals surface area contributed by atoms with Crippen LogP contribution in [0.25, 0.3) is 0 Å². The number of methoxy groups -OCH3 is 1. The van der Waals surface area contributed by atoms with E-state index in [1.807, 2.05) is 6.26 Å². The molecule has 0 rings (SSSR count). The molecule has 0 saturated carbocycles. The molecule has 15 heavy (non-hydrogen) atoms. The van der Waals surface area contributed by atoms with Crippen molar-refractivity contribution < 1.29 is 19.4 Å². The van der Waals surface area contributed by atoms with Gasteiger partial charge in [-0.05, 0) is 25.4 Å². The summed E-state index contributed by atoms with van der Waals surface area (Å²) in [5.74, 6) is -0.717. The van der Waals surface area contributed by atoms with Crippen LogP contribution < -0.4 is 5.32 Å². The second kappa shape index (κ2) is 7.53. The SMILES string of the molecule is COC(C)C(=O)NC(CCSC)C(=O)O. The standard InChI is InChI=1S/C9H17NO4S/c1-6(14-2)8(11)10-7(9(12)13)4-5-15-3/h6-7H,4-5H2,1-3H3,(H,10,11)(H,12,13). The molecule has 0 aliphatic rings. The van der Waals surface area contributed by atoms with Crippen LogP contribution in [-0.2, 0) is 14.3 Å². The Labute approximate surface area is 93.6 Å². The third kappa shape index (κ3) is 5.64. The maximum Gasteiger partial charge on any atom is 0.326 e. The first kappa shape index (κ1) is 14.2. The molecule has 0 bridgehead atoms. The Morgan fingerprint density at radius 3 is 2.53 bits per heavy atom. The first-order valence-corrected chi connectivity index (χ1v) is 5.97. The molecule has 2 atom stereocenters. The molecule has 88 valence electrons. The van der Waals surface area contributed by atoms with Gasteiger partial charge in [-0.1, -0.05) is 0 Å². The predicted octanol–water partition coefficient (Wildman–Crippen LogP) is 0.344. The van der Waals surface area contributed by atoms with Gasteiger partial charge in [0.1, 0.15) is 12.1 Å². The summed E-state index contributed by atoms with van der Waals surface area (Å²) in [7, 11) is 1.40. The molecule has 0 aromatic carbocycles. The lowest BCUT2D eigenvalue weighted by atomic mass is 10.2. The number of carboxylic acids is 1. The van der Waals surface area contributed by atoms with E-state index in [0.717, 1.165) is 0 Å². The average Bonchev–Trinajstić information content (AvgIpc) is 2.22. The van der Waals surface area contributed by atoms with Crippen molar-refractivity contribution >= 4 is 23.6 Å². The van der Waals surface area contributed by atoms with Crippen molar-refractivity contribution in [2.45, 2.75) is 25.5 Å². The molecule has 0 aromatic rings. The zero-order valence-corrected chi connectivity index (χ0v) is 9.97. The van der Waals surface area contributed by atoms with Crippen LogP contribution in [0.1, 0.15) is 13.3 Å². The summed E-state index contributed by atoms with van der Waals surface area (Å²) in [6.07, 6.45) is 1.68. The van der Waals surface area contributed by atoms with Gasteiger partial charge in [-0.2, -0.15) is 11.8 Å². The molecule has 0 aromatic heterocycles. The Balaban J connectivity index is 4.16. The van der Waals surface area contributed by atoms with E-state index >= 15 is 0 Å². The van der Waals surface area contributed by atoms with E-state index in [2.05, 4.69) is 5.32 Å². The summed E-state index contributed by atoms with van der Waals surface area (Å²) < 4.78 is 4.79. The van der Waals surface area contributed by atoms with Gasteiger partial charge in [0.25, 0.3) is 0 Å². The summed E-state index contributed by atoms with van der Waals surface area (Å²) in [4.78, 5) is 22.1. The molecular weight excluding hydrogens is 218 g/mol. The van der Waals surface area contributed by atoms with Crippen molar-refractivity contribution in [3.8, 4) is 0 Å². The molecule has 0 radical (unpaired) electrons. The number of thioether (sulfide) groups is 1. The molecule has 0 saturated heterocycles. The summed E-state index contributed by atoms with van der Waals surface area (Å²) in [6.45, 7) is 1.57. The Morgan fingerprint density at radius 2 is 2.13 bits per heavy atom. The van der Waals surface area contributed by atoms with Crippen molar-refractivity contribution in [1.82, 2.24) is 5.32 Å². The van der Waals surface area contributed by atoms with Gasteiger partial charge in [-0.15, -0.1) is 0 Å². The minimum atomic E-state index is -1.01. The van der Waals surface area contributed by atoms with E-state index in [1.165, 1.54) is 7.11 Å². The molecule has 6 heteroatoms. The van der Waals surface area contributed by atoms with Gasteiger partial charge < -0.3 is 15.2 Å². The molecule has 0 spiro atoms. The van der Waals surface area contributed by atoms with Crippen molar-refractivity contribution in [1.29, 1.82) is 0 Å². The minimum Gasteiger partial charge on any atom is -0.480 e. The van der Waals surface area contributed by atoms with E-state index in [0.29, 0.717) is 12.2 Å². The van der Waals surface area contributed by atoms with Gasteiger partial charge in [-0.3, -0.25) is 4.79 Å². The third-order valence-electron chi connectivity index (χ3n) is 1.95. The number of hydrogen-bond donors (Lipinski definition) is 2. The Morgan fingerprint density at radius 1 is 1.53 bits per heavy atom. The summed E-state index contributed by atoms with van der Waals surface area (Å²) in [6, 6.07) is -0.831. The van der Waals surface area contributed by atoms with Crippen LogP contribution in [0.2, 0.25) is 0 Å². The van der Waals surface area contributed by atoms with Crippen LogP contribution in [-0.4, -0.2) is 48.2 Å². The van der Waals surface area contributed by atoms with E-state index in [-0.39, 0.29) is 0 Å². The number of amides is 1. The quantitative estimate of drug-likeness (QED) is 0.665. The van der Waals surface area contributed by atoms with E-state index < -0.39 is 24.0 Å². The van der Waals surface area contributed by atoms with Gasteiger partial charge in [0.2, 0.25) is 5.91 Å². The first-order chi connectivity index (χ1) is 7.02. The maximum absolute atomic E-state index is 11.3. The second-order valence-corrected chi connectivity index (χ2v) is 4.04. The first-order valence-electron chi connectivity index (χ1n) is 4.57. The van der Waals surface area contributed by atoms with E-state index in [4.69, 9.17) is 9.84 Å². The highest BCUT2D eigenvalue weighted by Crippen LogP contribution is 2.01. The monoisotopic (exact) mass is 235 g/mol. The van der Waals surface area contributed by atoms with Gasteiger partial charge in [0.05, 0.1) is 0 Å². The van der Waals surface area contributed by atoms with Crippen LogP contribution in [0.4, 0.5) is 0 Å². The van der Waals surface area contributed by atoms with Gasteiger partial charge in [0.15, 0.2) is 0 Å². The molecular formula is C9H17NO4S. The van der Waals surface area contributed by atoms with Crippen LogP contribution >= 0.6 is 11.8 Å². The molecule has 0 heterocycles. The molecule has 0 fully saturated rings. The van der Waals surface area contributed by atoms with Gasteiger partial charge >= 0.3 is 5.97 Å². The molecule has 5 nitrogen and oxygen atoms in total. The predicted molar refractivity (Wildman–Crippen MR) is 59.0 cm³/mol. The van der Waals surface area contributed by atoms with Crippen molar-refractivity contribution in [2.75, 3.05) is 19.1 Å². The van der Waals surface area contributed by atoms with Crippen LogP contribution in [0.5, 0.6) is 0 Å². The largest absolute Gasteiger partial charge is 0.480 e. The van der Waals surface area contributed by atoms with Crippen LogP contribution in [0, 0.1) is 0 Å².